The summed E-state index contributed by atoms with van der Waals surface area (Å²) >= 11 is 5.37. The largest absolute Gasteiger partial charge is 0.376 e. The molecular formula is C17H27N5OS. The monoisotopic (exact) mass is 349 g/mol. The van der Waals surface area contributed by atoms with Crippen molar-refractivity contribution in [1.82, 2.24) is 15.3 Å². The standard InChI is InChI=1S/C17H27N5OS/c1-12-10-15(22-8-4-3-6-13(22)2)20-16(19-12)21-17(24)18-11-14-7-5-9-23-14/h10,13-14H,3-9,11H2,1-2H3,(H2,18,19,20,21,24)/t13-,14+/m0/s1. The van der Waals surface area contributed by atoms with Crippen molar-refractivity contribution in [3.63, 3.8) is 0 Å². The number of nitrogens with zero attached hydrogens (tertiary/aromatic N) is 3. The Balaban J connectivity index is 1.61. The van der Waals surface area contributed by atoms with Gasteiger partial charge in [0, 0.05) is 37.5 Å². The molecule has 0 aromatic carbocycles. The van der Waals surface area contributed by atoms with Gasteiger partial charge in [0.1, 0.15) is 5.82 Å². The fourth-order valence-corrected chi connectivity index (χ4v) is 3.53. The van der Waals surface area contributed by atoms with Gasteiger partial charge in [0.25, 0.3) is 0 Å². The lowest BCUT2D eigenvalue weighted by Gasteiger charge is -2.34. The van der Waals surface area contributed by atoms with Crippen LogP contribution in [-0.4, -0.2) is 46.9 Å². The maximum atomic E-state index is 5.60. The Morgan fingerprint density at radius 2 is 2.21 bits per heavy atom. The summed E-state index contributed by atoms with van der Waals surface area (Å²) in [6, 6.07) is 2.57. The second kappa shape index (κ2) is 8.07. The van der Waals surface area contributed by atoms with Crippen LogP contribution in [0.2, 0.25) is 0 Å². The number of hydrogen-bond donors (Lipinski definition) is 2. The summed E-state index contributed by atoms with van der Waals surface area (Å²) in [7, 11) is 0. The fourth-order valence-electron chi connectivity index (χ4n) is 3.35. The molecule has 0 saturated carbocycles. The first-order valence-corrected chi connectivity index (χ1v) is 9.31. The van der Waals surface area contributed by atoms with Crippen molar-refractivity contribution in [2.24, 2.45) is 0 Å². The minimum Gasteiger partial charge on any atom is -0.376 e. The summed E-state index contributed by atoms with van der Waals surface area (Å²) in [6.07, 6.45) is 6.21. The summed E-state index contributed by atoms with van der Waals surface area (Å²) in [6.45, 7) is 6.89. The molecule has 3 rings (SSSR count). The van der Waals surface area contributed by atoms with E-state index in [-0.39, 0.29) is 6.10 Å². The molecular weight excluding hydrogens is 322 g/mol. The van der Waals surface area contributed by atoms with Gasteiger partial charge in [0.05, 0.1) is 6.10 Å². The van der Waals surface area contributed by atoms with Crippen molar-refractivity contribution in [3.05, 3.63) is 11.8 Å². The predicted octanol–water partition coefficient (Wildman–Crippen LogP) is 2.63. The zero-order valence-corrected chi connectivity index (χ0v) is 15.4. The van der Waals surface area contributed by atoms with Gasteiger partial charge in [0.15, 0.2) is 5.11 Å². The summed E-state index contributed by atoms with van der Waals surface area (Å²) < 4.78 is 5.60. The van der Waals surface area contributed by atoms with Gasteiger partial charge in [-0.2, -0.15) is 4.98 Å². The number of hydrogen-bond acceptors (Lipinski definition) is 5. The van der Waals surface area contributed by atoms with Gasteiger partial charge in [-0.05, 0) is 58.2 Å². The van der Waals surface area contributed by atoms with E-state index in [1.54, 1.807) is 0 Å². The summed E-state index contributed by atoms with van der Waals surface area (Å²) in [5, 5.41) is 6.87. The second-order valence-corrected chi connectivity index (χ2v) is 7.11. The van der Waals surface area contributed by atoms with Crippen LogP contribution in [0, 0.1) is 6.92 Å². The molecule has 2 aliphatic heterocycles. The lowest BCUT2D eigenvalue weighted by molar-refractivity contribution is 0.114. The molecule has 0 radical (unpaired) electrons. The van der Waals surface area contributed by atoms with Gasteiger partial charge in [-0.15, -0.1) is 0 Å². The van der Waals surface area contributed by atoms with Crippen LogP contribution in [0.25, 0.3) is 0 Å². The number of anilines is 2. The van der Waals surface area contributed by atoms with E-state index in [2.05, 4.69) is 38.5 Å². The van der Waals surface area contributed by atoms with Crippen LogP contribution < -0.4 is 15.5 Å². The number of ether oxygens (including phenoxy) is 1. The van der Waals surface area contributed by atoms with Gasteiger partial charge >= 0.3 is 0 Å². The Hall–Kier alpha value is -1.47. The van der Waals surface area contributed by atoms with E-state index in [4.69, 9.17) is 17.0 Å². The van der Waals surface area contributed by atoms with Crippen LogP contribution in [0.15, 0.2) is 6.07 Å². The quantitative estimate of drug-likeness (QED) is 0.810. The highest BCUT2D eigenvalue weighted by Gasteiger charge is 2.21. The zero-order valence-electron chi connectivity index (χ0n) is 14.5. The molecule has 0 aliphatic carbocycles. The lowest BCUT2D eigenvalue weighted by atomic mass is 10.0. The van der Waals surface area contributed by atoms with E-state index in [9.17, 15) is 0 Å². The maximum Gasteiger partial charge on any atom is 0.231 e. The highest BCUT2D eigenvalue weighted by atomic mass is 32.1. The Morgan fingerprint density at radius 1 is 1.33 bits per heavy atom. The molecule has 0 bridgehead atoms. The molecule has 0 unspecified atom stereocenters. The minimum atomic E-state index is 0.257. The van der Waals surface area contributed by atoms with Gasteiger partial charge in [-0.25, -0.2) is 4.98 Å². The Bertz CT molecular complexity index is 576. The average molecular weight is 350 g/mol. The van der Waals surface area contributed by atoms with Crippen molar-refractivity contribution in [2.75, 3.05) is 29.9 Å². The number of aromatic nitrogens is 2. The van der Waals surface area contributed by atoms with Crippen LogP contribution in [0.1, 0.15) is 44.7 Å². The second-order valence-electron chi connectivity index (χ2n) is 6.70. The van der Waals surface area contributed by atoms with E-state index < -0.39 is 0 Å². The molecule has 24 heavy (non-hydrogen) atoms. The number of thiocarbonyl (C=S) groups is 1. The summed E-state index contributed by atoms with van der Waals surface area (Å²) in [4.78, 5) is 11.5. The molecule has 6 nitrogen and oxygen atoms in total. The van der Waals surface area contributed by atoms with Crippen molar-refractivity contribution in [2.45, 2.75) is 58.1 Å². The highest BCUT2D eigenvalue weighted by molar-refractivity contribution is 7.80. The average Bonchev–Trinajstić information content (AvgIpc) is 3.06. The molecule has 132 valence electrons. The molecule has 3 heterocycles. The third-order valence-corrected chi connectivity index (χ3v) is 4.92. The topological polar surface area (TPSA) is 62.3 Å². The van der Waals surface area contributed by atoms with Crippen molar-refractivity contribution >= 4 is 29.1 Å². The number of piperidine rings is 1. The van der Waals surface area contributed by atoms with Gasteiger partial charge in [0.2, 0.25) is 5.95 Å². The molecule has 2 atom stereocenters. The molecule has 7 heteroatoms. The van der Waals surface area contributed by atoms with Gasteiger partial charge < -0.3 is 20.3 Å². The molecule has 0 spiro atoms. The molecule has 1 aromatic heterocycles. The van der Waals surface area contributed by atoms with Crippen LogP contribution in [0.5, 0.6) is 0 Å². The van der Waals surface area contributed by atoms with Crippen molar-refractivity contribution in [3.8, 4) is 0 Å². The third kappa shape index (κ3) is 4.54. The van der Waals surface area contributed by atoms with Crippen LogP contribution in [0.4, 0.5) is 11.8 Å². The SMILES string of the molecule is Cc1cc(N2CCCC[C@@H]2C)nc(NC(=S)NC[C@H]2CCCO2)n1. The Morgan fingerprint density at radius 3 is 2.96 bits per heavy atom. The van der Waals surface area contributed by atoms with Crippen molar-refractivity contribution < 1.29 is 4.74 Å². The maximum absolute atomic E-state index is 5.60. The Labute approximate surface area is 149 Å². The number of rotatable bonds is 4. The van der Waals surface area contributed by atoms with Crippen LogP contribution in [0.3, 0.4) is 0 Å². The van der Waals surface area contributed by atoms with Gasteiger partial charge in [-0.3, -0.25) is 0 Å². The number of aryl methyl sites for hydroxylation is 1. The first-order valence-electron chi connectivity index (χ1n) is 8.90. The molecule has 0 amide bonds. The zero-order chi connectivity index (χ0) is 16.9. The van der Waals surface area contributed by atoms with E-state index in [0.29, 0.717) is 17.1 Å². The molecule has 1 aromatic rings. The highest BCUT2D eigenvalue weighted by Crippen LogP contribution is 2.24. The Kier molecular flexibility index (Phi) is 5.84. The summed E-state index contributed by atoms with van der Waals surface area (Å²) in [5.41, 5.74) is 0.946. The first kappa shape index (κ1) is 17.4. The molecule has 2 fully saturated rings. The van der Waals surface area contributed by atoms with Gasteiger partial charge in [-0.1, -0.05) is 0 Å². The van der Waals surface area contributed by atoms with E-state index in [0.717, 1.165) is 44.0 Å². The lowest BCUT2D eigenvalue weighted by Crippen LogP contribution is -2.38. The van der Waals surface area contributed by atoms with E-state index in [1.165, 1.54) is 19.3 Å². The molecule has 2 N–H and O–H groups in total. The first-order chi connectivity index (χ1) is 11.6. The van der Waals surface area contributed by atoms with Crippen molar-refractivity contribution in [1.29, 1.82) is 0 Å². The van der Waals surface area contributed by atoms with Crippen LogP contribution in [-0.2, 0) is 4.74 Å². The number of nitrogens with one attached hydrogen (secondary N) is 2. The molecule has 2 aliphatic rings. The normalized spacial score (nSPS) is 24.0. The fraction of sp³-hybridized carbons (Fsp3) is 0.706. The van der Waals surface area contributed by atoms with E-state index >= 15 is 0 Å². The molecule has 2 saturated heterocycles. The third-order valence-electron chi connectivity index (χ3n) is 4.68. The summed E-state index contributed by atoms with van der Waals surface area (Å²) in [5.74, 6) is 1.55. The minimum absolute atomic E-state index is 0.257. The van der Waals surface area contributed by atoms with Crippen LogP contribution >= 0.6 is 12.2 Å². The van der Waals surface area contributed by atoms with E-state index in [1.807, 2.05) is 6.92 Å². The smallest absolute Gasteiger partial charge is 0.231 e. The predicted molar refractivity (Wildman–Crippen MR) is 101 cm³/mol.